The Balaban J connectivity index is 2.26. The Kier molecular flexibility index (Phi) is 7.01. The Labute approximate surface area is 119 Å². The highest BCUT2D eigenvalue weighted by Gasteiger charge is 2.07. The van der Waals surface area contributed by atoms with Crippen LogP contribution in [0.3, 0.4) is 0 Å². The number of rotatable bonds is 8. The SMILES string of the molecule is CCCC(C)OCCCC(=O)Nc1ccc(F)cc1N. The van der Waals surface area contributed by atoms with Crippen molar-refractivity contribution in [1.82, 2.24) is 0 Å². The van der Waals surface area contributed by atoms with Gasteiger partial charge in [0.2, 0.25) is 5.91 Å². The third kappa shape index (κ3) is 6.02. The second-order valence-corrected chi connectivity index (χ2v) is 4.85. The summed E-state index contributed by atoms with van der Waals surface area (Å²) in [6, 6.07) is 3.91. The predicted molar refractivity (Wildman–Crippen MR) is 79.0 cm³/mol. The molecule has 0 saturated heterocycles. The van der Waals surface area contributed by atoms with Gasteiger partial charge >= 0.3 is 0 Å². The van der Waals surface area contributed by atoms with Gasteiger partial charge in [-0.1, -0.05) is 13.3 Å². The average Bonchev–Trinajstić information content (AvgIpc) is 2.38. The summed E-state index contributed by atoms with van der Waals surface area (Å²) in [4.78, 5) is 11.7. The van der Waals surface area contributed by atoms with E-state index < -0.39 is 5.82 Å². The molecule has 1 atom stereocenters. The summed E-state index contributed by atoms with van der Waals surface area (Å²) < 4.78 is 18.4. The largest absolute Gasteiger partial charge is 0.397 e. The molecular formula is C15H23FN2O2. The first-order valence-corrected chi connectivity index (χ1v) is 6.99. The molecule has 1 unspecified atom stereocenters. The zero-order chi connectivity index (χ0) is 15.0. The number of anilines is 2. The molecule has 0 aromatic heterocycles. The topological polar surface area (TPSA) is 64.3 Å². The third-order valence-corrected chi connectivity index (χ3v) is 2.93. The van der Waals surface area contributed by atoms with E-state index in [4.69, 9.17) is 10.5 Å². The Morgan fingerprint density at radius 1 is 1.50 bits per heavy atom. The van der Waals surface area contributed by atoms with Crippen LogP contribution in [0.1, 0.15) is 39.5 Å². The maximum Gasteiger partial charge on any atom is 0.224 e. The number of hydrogen-bond donors (Lipinski definition) is 2. The molecule has 1 aromatic carbocycles. The lowest BCUT2D eigenvalue weighted by molar-refractivity contribution is -0.116. The van der Waals surface area contributed by atoms with Crippen molar-refractivity contribution in [2.24, 2.45) is 0 Å². The van der Waals surface area contributed by atoms with Gasteiger partial charge in [-0.25, -0.2) is 4.39 Å². The van der Waals surface area contributed by atoms with Crippen LogP contribution < -0.4 is 11.1 Å². The van der Waals surface area contributed by atoms with Crippen LogP contribution in [0.2, 0.25) is 0 Å². The minimum absolute atomic E-state index is 0.143. The molecule has 0 aliphatic rings. The van der Waals surface area contributed by atoms with E-state index in [1.807, 2.05) is 6.92 Å². The monoisotopic (exact) mass is 282 g/mol. The Morgan fingerprint density at radius 3 is 2.90 bits per heavy atom. The van der Waals surface area contributed by atoms with Gasteiger partial charge in [-0.2, -0.15) is 0 Å². The van der Waals surface area contributed by atoms with Gasteiger partial charge < -0.3 is 15.8 Å². The number of ether oxygens (including phenoxy) is 1. The number of halogens is 1. The highest BCUT2D eigenvalue weighted by atomic mass is 19.1. The molecule has 0 spiro atoms. The van der Waals surface area contributed by atoms with Crippen LogP contribution in [0.15, 0.2) is 18.2 Å². The number of carbonyl (C=O) groups is 1. The minimum Gasteiger partial charge on any atom is -0.397 e. The van der Waals surface area contributed by atoms with Gasteiger partial charge in [0.25, 0.3) is 0 Å². The number of benzene rings is 1. The first kappa shape index (κ1) is 16.4. The summed E-state index contributed by atoms with van der Waals surface area (Å²) in [7, 11) is 0. The molecule has 3 N–H and O–H groups in total. The van der Waals surface area contributed by atoms with Crippen molar-refractivity contribution in [3.05, 3.63) is 24.0 Å². The molecule has 0 aliphatic heterocycles. The summed E-state index contributed by atoms with van der Waals surface area (Å²) in [6.07, 6.45) is 3.36. The molecule has 0 radical (unpaired) electrons. The molecule has 20 heavy (non-hydrogen) atoms. The summed E-state index contributed by atoms with van der Waals surface area (Å²) >= 11 is 0. The highest BCUT2D eigenvalue weighted by molar-refractivity contribution is 5.93. The number of carbonyl (C=O) groups excluding carboxylic acids is 1. The fourth-order valence-corrected chi connectivity index (χ4v) is 1.87. The quantitative estimate of drug-likeness (QED) is 0.568. The smallest absolute Gasteiger partial charge is 0.224 e. The van der Waals surface area contributed by atoms with Crippen LogP contribution in [0, 0.1) is 5.82 Å². The van der Waals surface area contributed by atoms with Crippen LogP contribution in [-0.2, 0) is 9.53 Å². The van der Waals surface area contributed by atoms with Crippen molar-refractivity contribution < 1.29 is 13.9 Å². The van der Waals surface area contributed by atoms with Crippen LogP contribution in [0.25, 0.3) is 0 Å². The Bertz CT molecular complexity index is 438. The molecular weight excluding hydrogens is 259 g/mol. The number of nitrogens with one attached hydrogen (secondary N) is 1. The maximum atomic E-state index is 12.9. The molecule has 1 rings (SSSR count). The molecule has 0 heterocycles. The number of nitrogens with two attached hydrogens (primary N) is 1. The van der Waals surface area contributed by atoms with E-state index in [-0.39, 0.29) is 17.7 Å². The fourth-order valence-electron chi connectivity index (χ4n) is 1.87. The predicted octanol–water partition coefficient (Wildman–Crippen LogP) is 3.33. The van der Waals surface area contributed by atoms with E-state index in [1.54, 1.807) is 0 Å². The van der Waals surface area contributed by atoms with E-state index >= 15 is 0 Å². The lowest BCUT2D eigenvalue weighted by Gasteiger charge is -2.12. The van der Waals surface area contributed by atoms with Crippen molar-refractivity contribution in [3.8, 4) is 0 Å². The van der Waals surface area contributed by atoms with E-state index in [0.29, 0.717) is 25.1 Å². The minimum atomic E-state index is -0.418. The van der Waals surface area contributed by atoms with Gasteiger partial charge in [-0.15, -0.1) is 0 Å². The zero-order valence-electron chi connectivity index (χ0n) is 12.1. The molecule has 0 saturated carbocycles. The van der Waals surface area contributed by atoms with Crippen molar-refractivity contribution in [1.29, 1.82) is 0 Å². The number of amides is 1. The standard InChI is InChI=1S/C15H23FN2O2/c1-3-5-11(2)20-9-4-6-15(19)18-14-8-7-12(16)10-13(14)17/h7-8,10-11H,3-6,9,17H2,1-2H3,(H,18,19). The number of nitrogen functional groups attached to an aromatic ring is 1. The third-order valence-electron chi connectivity index (χ3n) is 2.93. The van der Waals surface area contributed by atoms with E-state index in [9.17, 15) is 9.18 Å². The Hall–Kier alpha value is -1.62. The second-order valence-electron chi connectivity index (χ2n) is 4.85. The number of hydrogen-bond acceptors (Lipinski definition) is 3. The lowest BCUT2D eigenvalue weighted by atomic mass is 10.2. The van der Waals surface area contributed by atoms with Crippen LogP contribution >= 0.6 is 0 Å². The first-order valence-electron chi connectivity index (χ1n) is 6.99. The molecule has 1 aromatic rings. The summed E-state index contributed by atoms with van der Waals surface area (Å²) in [5.74, 6) is -0.561. The van der Waals surface area contributed by atoms with E-state index in [0.717, 1.165) is 12.8 Å². The van der Waals surface area contributed by atoms with Gasteiger partial charge in [-0.05, 0) is 38.0 Å². The molecule has 0 aliphatic carbocycles. The van der Waals surface area contributed by atoms with Gasteiger partial charge in [0.1, 0.15) is 5.82 Å². The van der Waals surface area contributed by atoms with Crippen LogP contribution in [-0.4, -0.2) is 18.6 Å². The summed E-state index contributed by atoms with van der Waals surface area (Å²) in [6.45, 7) is 4.71. The molecule has 112 valence electrons. The van der Waals surface area contributed by atoms with Gasteiger partial charge in [0.05, 0.1) is 17.5 Å². The second kappa shape index (κ2) is 8.53. The molecule has 5 heteroatoms. The normalized spacial score (nSPS) is 12.2. The molecule has 4 nitrogen and oxygen atoms in total. The first-order chi connectivity index (χ1) is 9.52. The maximum absolute atomic E-state index is 12.9. The summed E-state index contributed by atoms with van der Waals surface area (Å²) in [5.41, 5.74) is 6.29. The van der Waals surface area contributed by atoms with Crippen molar-refractivity contribution in [2.75, 3.05) is 17.7 Å². The Morgan fingerprint density at radius 2 is 2.25 bits per heavy atom. The van der Waals surface area contributed by atoms with Crippen LogP contribution in [0.4, 0.5) is 15.8 Å². The highest BCUT2D eigenvalue weighted by Crippen LogP contribution is 2.19. The zero-order valence-corrected chi connectivity index (χ0v) is 12.1. The van der Waals surface area contributed by atoms with Crippen molar-refractivity contribution in [3.63, 3.8) is 0 Å². The van der Waals surface area contributed by atoms with Crippen molar-refractivity contribution >= 4 is 17.3 Å². The van der Waals surface area contributed by atoms with Gasteiger partial charge in [-0.3, -0.25) is 4.79 Å². The lowest BCUT2D eigenvalue weighted by Crippen LogP contribution is -2.15. The summed E-state index contributed by atoms with van der Waals surface area (Å²) in [5, 5.41) is 2.66. The molecule has 0 fully saturated rings. The molecule has 1 amide bonds. The average molecular weight is 282 g/mol. The van der Waals surface area contributed by atoms with E-state index in [1.165, 1.54) is 18.2 Å². The van der Waals surface area contributed by atoms with Crippen LogP contribution in [0.5, 0.6) is 0 Å². The van der Waals surface area contributed by atoms with Gasteiger partial charge in [0.15, 0.2) is 0 Å². The van der Waals surface area contributed by atoms with Crippen molar-refractivity contribution in [2.45, 2.75) is 45.6 Å². The van der Waals surface area contributed by atoms with E-state index in [2.05, 4.69) is 12.2 Å². The fraction of sp³-hybridized carbons (Fsp3) is 0.533. The molecule has 0 bridgehead atoms. The van der Waals surface area contributed by atoms with Gasteiger partial charge in [0, 0.05) is 13.0 Å².